The number of nitrogens with zero attached hydrogens (tertiary/aromatic N) is 1. The van der Waals surface area contributed by atoms with Crippen molar-refractivity contribution in [2.45, 2.75) is 26.7 Å². The molecule has 2 aromatic carbocycles. The lowest BCUT2D eigenvalue weighted by Gasteiger charge is -2.09. The molecule has 0 aliphatic carbocycles. The van der Waals surface area contributed by atoms with Crippen LogP contribution in [0, 0.1) is 6.92 Å². The first-order chi connectivity index (χ1) is 12.4. The van der Waals surface area contributed by atoms with Crippen molar-refractivity contribution in [3.63, 3.8) is 0 Å². The van der Waals surface area contributed by atoms with Crippen LogP contribution in [-0.4, -0.2) is 16.8 Å². The second kappa shape index (κ2) is 7.97. The Hall–Kier alpha value is -2.25. The molecule has 1 heterocycles. The normalized spacial score (nSPS) is 10.7. The molecule has 3 aromatic rings. The van der Waals surface area contributed by atoms with Crippen LogP contribution >= 0.6 is 27.3 Å². The third-order valence-electron chi connectivity index (χ3n) is 3.85. The molecule has 1 aromatic heterocycles. The Bertz CT molecular complexity index is 984. The van der Waals surface area contributed by atoms with Crippen molar-refractivity contribution in [1.29, 1.82) is 0 Å². The number of hydrogen-bond acceptors (Lipinski definition) is 4. The summed E-state index contributed by atoms with van der Waals surface area (Å²) in [5.41, 5.74) is 3.53. The lowest BCUT2D eigenvalue weighted by Crippen LogP contribution is -2.15. The SMILES string of the molecule is CCC(=O)Nc1nc2ccc(CC(=O)Nc3ccc(Br)cc3C)cc2s1. The summed E-state index contributed by atoms with van der Waals surface area (Å²) in [6.07, 6.45) is 0.691. The number of halogens is 1. The number of aromatic nitrogens is 1. The first-order valence-electron chi connectivity index (χ1n) is 8.20. The molecule has 3 rings (SSSR count). The minimum absolute atomic E-state index is 0.0616. The molecule has 0 radical (unpaired) electrons. The molecular formula is C19H18BrN3O2S. The zero-order valence-corrected chi connectivity index (χ0v) is 16.8. The molecule has 26 heavy (non-hydrogen) atoms. The van der Waals surface area contributed by atoms with Gasteiger partial charge in [0.1, 0.15) is 0 Å². The topological polar surface area (TPSA) is 71.1 Å². The molecule has 0 unspecified atom stereocenters. The highest BCUT2D eigenvalue weighted by Crippen LogP contribution is 2.27. The first-order valence-corrected chi connectivity index (χ1v) is 9.81. The third kappa shape index (κ3) is 4.47. The van der Waals surface area contributed by atoms with Gasteiger partial charge in [0.25, 0.3) is 0 Å². The Labute approximate surface area is 164 Å². The third-order valence-corrected chi connectivity index (χ3v) is 5.27. The van der Waals surface area contributed by atoms with Gasteiger partial charge in [0.2, 0.25) is 11.8 Å². The highest BCUT2D eigenvalue weighted by Gasteiger charge is 2.10. The van der Waals surface area contributed by atoms with E-state index in [-0.39, 0.29) is 18.2 Å². The molecule has 0 aliphatic rings. The molecule has 2 amide bonds. The maximum atomic E-state index is 12.4. The van der Waals surface area contributed by atoms with E-state index in [0.29, 0.717) is 11.6 Å². The second-order valence-electron chi connectivity index (χ2n) is 5.91. The van der Waals surface area contributed by atoms with Crippen molar-refractivity contribution in [2.24, 2.45) is 0 Å². The molecule has 0 spiro atoms. The van der Waals surface area contributed by atoms with Crippen LogP contribution in [0.25, 0.3) is 10.2 Å². The van der Waals surface area contributed by atoms with E-state index in [4.69, 9.17) is 0 Å². The van der Waals surface area contributed by atoms with E-state index in [2.05, 4.69) is 31.5 Å². The van der Waals surface area contributed by atoms with Crippen LogP contribution in [0.2, 0.25) is 0 Å². The Morgan fingerprint density at radius 3 is 2.65 bits per heavy atom. The summed E-state index contributed by atoms with van der Waals surface area (Å²) in [6.45, 7) is 3.75. The maximum Gasteiger partial charge on any atom is 0.228 e. The predicted molar refractivity (Wildman–Crippen MR) is 110 cm³/mol. The van der Waals surface area contributed by atoms with E-state index in [1.807, 2.05) is 43.3 Å². The number of hydrogen-bond donors (Lipinski definition) is 2. The Balaban J connectivity index is 1.71. The molecule has 5 nitrogen and oxygen atoms in total. The largest absolute Gasteiger partial charge is 0.326 e. The second-order valence-corrected chi connectivity index (χ2v) is 7.85. The summed E-state index contributed by atoms with van der Waals surface area (Å²) in [7, 11) is 0. The van der Waals surface area contributed by atoms with Crippen molar-refractivity contribution >= 4 is 60.1 Å². The number of benzene rings is 2. The van der Waals surface area contributed by atoms with Gasteiger partial charge in [-0.05, 0) is 48.4 Å². The van der Waals surface area contributed by atoms with Gasteiger partial charge < -0.3 is 10.6 Å². The summed E-state index contributed by atoms with van der Waals surface area (Å²) >= 11 is 4.83. The molecule has 7 heteroatoms. The summed E-state index contributed by atoms with van der Waals surface area (Å²) < 4.78 is 1.93. The molecular weight excluding hydrogens is 414 g/mol. The van der Waals surface area contributed by atoms with E-state index in [0.717, 1.165) is 31.5 Å². The number of thiazole rings is 1. The Morgan fingerprint density at radius 1 is 1.12 bits per heavy atom. The van der Waals surface area contributed by atoms with Crippen LogP contribution in [0.1, 0.15) is 24.5 Å². The van der Waals surface area contributed by atoms with Crippen molar-refractivity contribution in [2.75, 3.05) is 10.6 Å². The van der Waals surface area contributed by atoms with Gasteiger partial charge in [0, 0.05) is 16.6 Å². The molecule has 0 atom stereocenters. The average Bonchev–Trinajstić information content (AvgIpc) is 2.98. The lowest BCUT2D eigenvalue weighted by atomic mass is 10.1. The van der Waals surface area contributed by atoms with Crippen LogP contribution in [0.5, 0.6) is 0 Å². The molecule has 0 fully saturated rings. The Morgan fingerprint density at radius 2 is 1.92 bits per heavy atom. The van der Waals surface area contributed by atoms with Gasteiger partial charge in [-0.15, -0.1) is 0 Å². The minimum Gasteiger partial charge on any atom is -0.326 e. The fourth-order valence-electron chi connectivity index (χ4n) is 2.49. The fourth-order valence-corrected chi connectivity index (χ4v) is 3.91. The predicted octanol–water partition coefficient (Wildman–Crippen LogP) is 4.90. The molecule has 0 aliphatic heterocycles. The number of fused-ring (bicyclic) bond motifs is 1. The molecule has 0 saturated carbocycles. The molecule has 0 saturated heterocycles. The summed E-state index contributed by atoms with van der Waals surface area (Å²) in [6, 6.07) is 11.5. The Kier molecular flexibility index (Phi) is 5.68. The van der Waals surface area contributed by atoms with Crippen molar-refractivity contribution < 1.29 is 9.59 Å². The van der Waals surface area contributed by atoms with Gasteiger partial charge in [-0.2, -0.15) is 0 Å². The number of anilines is 2. The summed E-state index contributed by atoms with van der Waals surface area (Å²) in [4.78, 5) is 28.2. The first kappa shape index (κ1) is 18.5. The van der Waals surface area contributed by atoms with E-state index in [9.17, 15) is 9.59 Å². The summed E-state index contributed by atoms with van der Waals surface area (Å²) in [5.74, 6) is -0.132. The molecule has 134 valence electrons. The smallest absolute Gasteiger partial charge is 0.228 e. The number of nitrogens with one attached hydrogen (secondary N) is 2. The highest BCUT2D eigenvalue weighted by molar-refractivity contribution is 9.10. The standard InChI is InChI=1S/C19H18BrN3O2S/c1-3-17(24)23-19-22-15-6-4-12(9-16(15)26-19)10-18(25)21-14-7-5-13(20)8-11(14)2/h4-9H,3,10H2,1-2H3,(H,21,25)(H,22,23,24). The van der Waals surface area contributed by atoms with Crippen molar-refractivity contribution in [3.8, 4) is 0 Å². The van der Waals surface area contributed by atoms with Crippen molar-refractivity contribution in [1.82, 2.24) is 4.98 Å². The molecule has 2 N–H and O–H groups in total. The monoisotopic (exact) mass is 431 g/mol. The van der Waals surface area contributed by atoms with Crippen LogP contribution < -0.4 is 10.6 Å². The number of carbonyl (C=O) groups is 2. The van der Waals surface area contributed by atoms with Gasteiger partial charge in [-0.3, -0.25) is 9.59 Å². The van der Waals surface area contributed by atoms with E-state index in [1.54, 1.807) is 6.92 Å². The van der Waals surface area contributed by atoms with E-state index in [1.165, 1.54) is 11.3 Å². The lowest BCUT2D eigenvalue weighted by molar-refractivity contribution is -0.116. The van der Waals surface area contributed by atoms with Gasteiger partial charge in [-0.1, -0.05) is 40.3 Å². The average molecular weight is 432 g/mol. The van der Waals surface area contributed by atoms with Crippen LogP contribution in [0.4, 0.5) is 10.8 Å². The van der Waals surface area contributed by atoms with Crippen LogP contribution in [-0.2, 0) is 16.0 Å². The number of amides is 2. The number of aryl methyl sites for hydroxylation is 1. The van der Waals surface area contributed by atoms with E-state index >= 15 is 0 Å². The quantitative estimate of drug-likeness (QED) is 0.603. The number of carbonyl (C=O) groups excluding carboxylic acids is 2. The number of rotatable bonds is 5. The van der Waals surface area contributed by atoms with Gasteiger partial charge in [0.05, 0.1) is 16.6 Å². The van der Waals surface area contributed by atoms with Crippen LogP contribution in [0.15, 0.2) is 40.9 Å². The fraction of sp³-hybridized carbons (Fsp3) is 0.211. The minimum atomic E-state index is -0.0706. The van der Waals surface area contributed by atoms with Gasteiger partial charge in [0.15, 0.2) is 5.13 Å². The zero-order valence-electron chi connectivity index (χ0n) is 14.4. The molecule has 0 bridgehead atoms. The van der Waals surface area contributed by atoms with Gasteiger partial charge in [-0.25, -0.2) is 4.98 Å². The van der Waals surface area contributed by atoms with Gasteiger partial charge >= 0.3 is 0 Å². The highest BCUT2D eigenvalue weighted by atomic mass is 79.9. The van der Waals surface area contributed by atoms with E-state index < -0.39 is 0 Å². The van der Waals surface area contributed by atoms with Crippen molar-refractivity contribution in [3.05, 3.63) is 52.0 Å². The summed E-state index contributed by atoms with van der Waals surface area (Å²) in [5, 5.41) is 6.30. The van der Waals surface area contributed by atoms with Crippen LogP contribution in [0.3, 0.4) is 0 Å². The maximum absolute atomic E-state index is 12.4. The zero-order chi connectivity index (χ0) is 18.7.